The highest BCUT2D eigenvalue weighted by atomic mass is 79.9. The Bertz CT molecular complexity index is 595. The quantitative estimate of drug-likeness (QED) is 0.768. The number of ether oxygens (including phenoxy) is 1. The van der Waals surface area contributed by atoms with E-state index >= 15 is 0 Å². The molecule has 0 aliphatic carbocycles. The number of carbonyl (C=O) groups excluding carboxylic acids is 1. The maximum atomic E-state index is 12.1. The molecule has 0 aliphatic rings. The van der Waals surface area contributed by atoms with Crippen LogP contribution in [-0.4, -0.2) is 25.0 Å². The largest absolute Gasteiger partial charge is 0.497 e. The van der Waals surface area contributed by atoms with Crippen molar-refractivity contribution < 1.29 is 9.53 Å². The highest BCUT2D eigenvalue weighted by molar-refractivity contribution is 9.11. The summed E-state index contributed by atoms with van der Waals surface area (Å²) in [5.74, 6) is 0.998. The van der Waals surface area contributed by atoms with Crippen molar-refractivity contribution in [1.29, 1.82) is 0 Å². The van der Waals surface area contributed by atoms with E-state index in [1.807, 2.05) is 31.3 Å². The Morgan fingerprint density at radius 1 is 1.29 bits per heavy atom. The average molecular weight is 368 g/mol. The summed E-state index contributed by atoms with van der Waals surface area (Å²) in [5.41, 5.74) is 2.31. The van der Waals surface area contributed by atoms with Gasteiger partial charge in [-0.3, -0.25) is 4.79 Å². The molecule has 0 fully saturated rings. The summed E-state index contributed by atoms with van der Waals surface area (Å²) in [6.45, 7) is 0.656. The normalized spacial score (nSPS) is 10.4. The molecule has 1 aromatic heterocycles. The lowest BCUT2D eigenvalue weighted by Crippen LogP contribution is -2.26. The van der Waals surface area contributed by atoms with Crippen LogP contribution in [0.5, 0.6) is 5.75 Å². The molecule has 0 atom stereocenters. The van der Waals surface area contributed by atoms with Gasteiger partial charge in [0.2, 0.25) is 5.91 Å². The van der Waals surface area contributed by atoms with Crippen LogP contribution in [0, 0.1) is 0 Å². The fourth-order valence-electron chi connectivity index (χ4n) is 2.03. The first-order chi connectivity index (χ1) is 10.1. The van der Waals surface area contributed by atoms with Gasteiger partial charge in [0.25, 0.3) is 0 Å². The zero-order valence-electron chi connectivity index (χ0n) is 12.1. The lowest BCUT2D eigenvalue weighted by molar-refractivity contribution is -0.130. The van der Waals surface area contributed by atoms with E-state index < -0.39 is 0 Å². The third-order valence-corrected chi connectivity index (χ3v) is 4.81. The summed E-state index contributed by atoms with van der Waals surface area (Å²) in [5, 5.41) is 2.07. The summed E-state index contributed by atoms with van der Waals surface area (Å²) in [4.78, 5) is 13.9. The molecule has 112 valence electrons. The Kier molecular flexibility index (Phi) is 5.82. The molecule has 5 heteroatoms. The van der Waals surface area contributed by atoms with Gasteiger partial charge in [0.05, 0.1) is 10.9 Å². The smallest absolute Gasteiger partial charge is 0.222 e. The van der Waals surface area contributed by atoms with Crippen LogP contribution >= 0.6 is 27.3 Å². The Balaban J connectivity index is 1.82. The second-order valence-electron chi connectivity index (χ2n) is 4.86. The third-order valence-electron chi connectivity index (χ3n) is 3.25. The van der Waals surface area contributed by atoms with E-state index in [0.717, 1.165) is 27.1 Å². The molecule has 2 aromatic rings. The summed E-state index contributed by atoms with van der Waals surface area (Å²) in [6, 6.07) is 9.90. The first-order valence-electron chi connectivity index (χ1n) is 6.68. The zero-order chi connectivity index (χ0) is 15.2. The lowest BCUT2D eigenvalue weighted by atomic mass is 10.1. The summed E-state index contributed by atoms with van der Waals surface area (Å²) >= 11 is 5.08. The van der Waals surface area contributed by atoms with Crippen molar-refractivity contribution in [2.75, 3.05) is 14.2 Å². The van der Waals surface area contributed by atoms with Crippen molar-refractivity contribution in [3.05, 3.63) is 50.6 Å². The predicted molar refractivity (Wildman–Crippen MR) is 89.8 cm³/mol. The number of amides is 1. The highest BCUT2D eigenvalue weighted by Gasteiger charge is 2.10. The van der Waals surface area contributed by atoms with E-state index in [1.165, 1.54) is 0 Å². The van der Waals surface area contributed by atoms with E-state index in [-0.39, 0.29) is 5.91 Å². The number of nitrogens with zero attached hydrogens (tertiary/aromatic N) is 1. The molecule has 1 aromatic carbocycles. The number of hydrogen-bond donors (Lipinski definition) is 0. The average Bonchev–Trinajstić information content (AvgIpc) is 2.90. The molecule has 21 heavy (non-hydrogen) atoms. The number of aryl methyl sites for hydroxylation is 1. The molecule has 0 saturated carbocycles. The molecular formula is C16H18BrNO2S. The minimum absolute atomic E-state index is 0.160. The van der Waals surface area contributed by atoms with Gasteiger partial charge in [-0.15, -0.1) is 11.3 Å². The van der Waals surface area contributed by atoms with Crippen molar-refractivity contribution >= 4 is 33.2 Å². The van der Waals surface area contributed by atoms with Gasteiger partial charge in [-0.2, -0.15) is 0 Å². The molecule has 1 heterocycles. The van der Waals surface area contributed by atoms with Crippen LogP contribution in [0.25, 0.3) is 0 Å². The van der Waals surface area contributed by atoms with Crippen molar-refractivity contribution in [1.82, 2.24) is 4.90 Å². The van der Waals surface area contributed by atoms with Gasteiger partial charge in [0, 0.05) is 20.0 Å². The Hall–Kier alpha value is -1.33. The van der Waals surface area contributed by atoms with Gasteiger partial charge in [-0.05, 0) is 57.1 Å². The van der Waals surface area contributed by atoms with E-state index in [2.05, 4.69) is 27.4 Å². The van der Waals surface area contributed by atoms with Crippen LogP contribution in [0.15, 0.2) is 39.5 Å². The number of benzene rings is 1. The molecule has 0 bridgehead atoms. The SMILES string of the molecule is COc1ccc(CCC(=O)N(C)Cc2csc(Br)c2)cc1. The molecule has 2 rings (SSSR count). The maximum Gasteiger partial charge on any atom is 0.222 e. The molecule has 0 radical (unpaired) electrons. The summed E-state index contributed by atoms with van der Waals surface area (Å²) in [6.07, 6.45) is 1.27. The van der Waals surface area contributed by atoms with Gasteiger partial charge in [0.15, 0.2) is 0 Å². The molecule has 1 amide bonds. The molecule has 0 spiro atoms. The van der Waals surface area contributed by atoms with Crippen molar-refractivity contribution in [3.8, 4) is 5.75 Å². The van der Waals surface area contributed by atoms with Gasteiger partial charge < -0.3 is 9.64 Å². The van der Waals surface area contributed by atoms with E-state index in [1.54, 1.807) is 23.3 Å². The second-order valence-corrected chi connectivity index (χ2v) is 7.15. The second kappa shape index (κ2) is 7.61. The van der Waals surface area contributed by atoms with E-state index in [4.69, 9.17) is 4.74 Å². The first kappa shape index (κ1) is 16.0. The number of thiophene rings is 1. The number of methoxy groups -OCH3 is 1. The Morgan fingerprint density at radius 2 is 2.00 bits per heavy atom. The van der Waals surface area contributed by atoms with Crippen LogP contribution in [0.2, 0.25) is 0 Å². The van der Waals surface area contributed by atoms with Crippen LogP contribution in [0.1, 0.15) is 17.5 Å². The van der Waals surface area contributed by atoms with Gasteiger partial charge in [-0.25, -0.2) is 0 Å². The fraction of sp³-hybridized carbons (Fsp3) is 0.312. The third kappa shape index (κ3) is 4.86. The van der Waals surface area contributed by atoms with Crippen molar-refractivity contribution in [2.45, 2.75) is 19.4 Å². The topological polar surface area (TPSA) is 29.5 Å². The first-order valence-corrected chi connectivity index (χ1v) is 8.35. The highest BCUT2D eigenvalue weighted by Crippen LogP contribution is 2.21. The van der Waals surface area contributed by atoms with Crippen LogP contribution in [0.3, 0.4) is 0 Å². The fourth-order valence-corrected chi connectivity index (χ4v) is 3.23. The minimum Gasteiger partial charge on any atom is -0.497 e. The van der Waals surface area contributed by atoms with E-state index in [9.17, 15) is 4.79 Å². The monoisotopic (exact) mass is 367 g/mol. The van der Waals surface area contributed by atoms with Crippen molar-refractivity contribution in [3.63, 3.8) is 0 Å². The van der Waals surface area contributed by atoms with Gasteiger partial charge in [0.1, 0.15) is 5.75 Å². The molecule has 3 nitrogen and oxygen atoms in total. The lowest BCUT2D eigenvalue weighted by Gasteiger charge is -2.16. The predicted octanol–water partition coefficient (Wildman–Crippen LogP) is 4.11. The molecule has 0 saturated heterocycles. The zero-order valence-corrected chi connectivity index (χ0v) is 14.5. The van der Waals surface area contributed by atoms with Gasteiger partial charge in [-0.1, -0.05) is 12.1 Å². The van der Waals surface area contributed by atoms with Gasteiger partial charge >= 0.3 is 0 Å². The van der Waals surface area contributed by atoms with Crippen molar-refractivity contribution in [2.24, 2.45) is 0 Å². The van der Waals surface area contributed by atoms with Crippen LogP contribution < -0.4 is 4.74 Å². The number of rotatable bonds is 6. The molecule has 0 unspecified atom stereocenters. The summed E-state index contributed by atoms with van der Waals surface area (Å²) < 4.78 is 6.22. The molecule has 0 aliphatic heterocycles. The Morgan fingerprint density at radius 3 is 2.57 bits per heavy atom. The minimum atomic E-state index is 0.160. The molecular weight excluding hydrogens is 350 g/mol. The van der Waals surface area contributed by atoms with E-state index in [0.29, 0.717) is 13.0 Å². The Labute approximate surface area is 137 Å². The molecule has 0 N–H and O–H groups in total. The maximum absolute atomic E-state index is 12.1. The van der Waals surface area contributed by atoms with Crippen LogP contribution in [-0.2, 0) is 17.8 Å². The standard InChI is InChI=1S/C16H18BrNO2S/c1-18(10-13-9-15(17)21-11-13)16(19)8-5-12-3-6-14(20-2)7-4-12/h3-4,6-7,9,11H,5,8,10H2,1-2H3. The number of carbonyl (C=O) groups is 1. The summed E-state index contributed by atoms with van der Waals surface area (Å²) in [7, 11) is 3.50. The number of halogens is 1. The number of hydrogen-bond acceptors (Lipinski definition) is 3. The van der Waals surface area contributed by atoms with Crippen LogP contribution in [0.4, 0.5) is 0 Å².